The van der Waals surface area contributed by atoms with E-state index < -0.39 is 17.7 Å². The maximum Gasteiger partial charge on any atom is 0.295 e. The number of carbonyl (C=O) groups excluding carboxylic acids is 2. The molecule has 6 heteroatoms. The van der Waals surface area contributed by atoms with Gasteiger partial charge < -0.3 is 19.6 Å². The lowest BCUT2D eigenvalue weighted by Gasteiger charge is -2.28. The molecule has 1 fully saturated rings. The number of likely N-dealkylation sites (N-methyl/N-ethyl adjacent to an activating group) is 1. The van der Waals surface area contributed by atoms with Crippen LogP contribution in [0.5, 0.6) is 5.75 Å². The van der Waals surface area contributed by atoms with Crippen LogP contribution in [0.3, 0.4) is 0 Å². The molecule has 0 aliphatic carbocycles. The fraction of sp³-hybridized carbons (Fsp3) is 0.467. The predicted octanol–water partition coefficient (Wildman–Crippen LogP) is 5.67. The molecule has 1 amide bonds. The molecule has 1 aliphatic rings. The lowest BCUT2D eigenvalue weighted by atomic mass is 9.93. The SMILES string of the molecule is CCCOc1ccc(C(O)=C2C(=O)C(=O)N(CCN(CC)CC)[C@H]2c2ccc(C(C)C)cc2)cc1C. The van der Waals surface area contributed by atoms with Gasteiger partial charge in [-0.1, -0.05) is 58.9 Å². The second-order valence-corrected chi connectivity index (χ2v) is 9.67. The summed E-state index contributed by atoms with van der Waals surface area (Å²) < 4.78 is 5.77. The van der Waals surface area contributed by atoms with E-state index in [-0.39, 0.29) is 11.3 Å². The van der Waals surface area contributed by atoms with Gasteiger partial charge in [-0.2, -0.15) is 0 Å². The predicted molar refractivity (Wildman–Crippen MR) is 144 cm³/mol. The van der Waals surface area contributed by atoms with E-state index in [0.717, 1.165) is 36.4 Å². The van der Waals surface area contributed by atoms with E-state index in [9.17, 15) is 14.7 Å². The Morgan fingerprint density at radius 3 is 2.28 bits per heavy atom. The summed E-state index contributed by atoms with van der Waals surface area (Å²) in [4.78, 5) is 30.4. The van der Waals surface area contributed by atoms with Crippen molar-refractivity contribution in [2.24, 2.45) is 0 Å². The Kier molecular flexibility index (Phi) is 9.32. The maximum atomic E-state index is 13.3. The Morgan fingerprint density at radius 2 is 1.72 bits per heavy atom. The Morgan fingerprint density at radius 1 is 1.06 bits per heavy atom. The highest BCUT2D eigenvalue weighted by molar-refractivity contribution is 6.46. The van der Waals surface area contributed by atoms with Gasteiger partial charge in [0.2, 0.25) is 0 Å². The lowest BCUT2D eigenvalue weighted by Crippen LogP contribution is -2.38. The first-order chi connectivity index (χ1) is 17.2. The van der Waals surface area contributed by atoms with E-state index in [1.807, 2.05) is 50.2 Å². The zero-order chi connectivity index (χ0) is 26.4. The molecule has 0 aromatic heterocycles. The number of hydrogen-bond acceptors (Lipinski definition) is 5. The van der Waals surface area contributed by atoms with Gasteiger partial charge in [0, 0.05) is 18.7 Å². The zero-order valence-electron chi connectivity index (χ0n) is 22.5. The summed E-state index contributed by atoms with van der Waals surface area (Å²) in [5.74, 6) is -0.254. The summed E-state index contributed by atoms with van der Waals surface area (Å²) in [6.45, 7) is 15.8. The third kappa shape index (κ3) is 5.81. The van der Waals surface area contributed by atoms with Crippen LogP contribution in [0.4, 0.5) is 0 Å². The highest BCUT2D eigenvalue weighted by Crippen LogP contribution is 2.40. The van der Waals surface area contributed by atoms with Gasteiger partial charge in [0.15, 0.2) is 0 Å². The van der Waals surface area contributed by atoms with Crippen LogP contribution in [-0.4, -0.2) is 59.4 Å². The number of aliphatic hydroxyl groups is 1. The van der Waals surface area contributed by atoms with E-state index >= 15 is 0 Å². The molecule has 0 saturated carbocycles. The molecule has 1 atom stereocenters. The summed E-state index contributed by atoms with van der Waals surface area (Å²) in [5.41, 5.74) is 3.50. The molecule has 0 bridgehead atoms. The second-order valence-electron chi connectivity index (χ2n) is 9.67. The third-order valence-corrected chi connectivity index (χ3v) is 6.92. The van der Waals surface area contributed by atoms with Gasteiger partial charge in [-0.05, 0) is 67.2 Å². The van der Waals surface area contributed by atoms with E-state index in [2.05, 4.69) is 32.6 Å². The molecular weight excluding hydrogens is 452 g/mol. The number of aryl methyl sites for hydroxylation is 1. The molecule has 3 rings (SSSR count). The summed E-state index contributed by atoms with van der Waals surface area (Å²) in [6.07, 6.45) is 0.897. The van der Waals surface area contributed by atoms with Crippen molar-refractivity contribution in [1.82, 2.24) is 9.80 Å². The van der Waals surface area contributed by atoms with Crippen molar-refractivity contribution >= 4 is 17.4 Å². The summed E-state index contributed by atoms with van der Waals surface area (Å²) in [5, 5.41) is 11.4. The molecule has 1 saturated heterocycles. The largest absolute Gasteiger partial charge is 0.507 e. The number of ketones is 1. The Bertz CT molecular complexity index is 1100. The van der Waals surface area contributed by atoms with E-state index in [4.69, 9.17) is 4.74 Å². The van der Waals surface area contributed by atoms with Crippen molar-refractivity contribution in [2.45, 2.75) is 59.9 Å². The number of ether oxygens (including phenoxy) is 1. The molecule has 6 nitrogen and oxygen atoms in total. The summed E-state index contributed by atoms with van der Waals surface area (Å²) in [7, 11) is 0. The highest BCUT2D eigenvalue weighted by Gasteiger charge is 2.46. The average molecular weight is 493 g/mol. The number of nitrogens with zero attached hydrogens (tertiary/aromatic N) is 2. The van der Waals surface area contributed by atoms with E-state index in [0.29, 0.717) is 31.2 Å². The van der Waals surface area contributed by atoms with Crippen LogP contribution in [0, 0.1) is 6.92 Å². The molecule has 0 unspecified atom stereocenters. The molecule has 2 aromatic carbocycles. The number of amides is 1. The molecule has 194 valence electrons. The number of Topliss-reactive ketones (excluding diaryl/α,β-unsaturated/α-hetero) is 1. The highest BCUT2D eigenvalue weighted by atomic mass is 16.5. The number of hydrogen-bond donors (Lipinski definition) is 1. The Hall–Kier alpha value is -3.12. The van der Waals surface area contributed by atoms with Crippen LogP contribution in [0.15, 0.2) is 48.0 Å². The third-order valence-electron chi connectivity index (χ3n) is 6.92. The standard InChI is InChI=1S/C30H40N2O4/c1-7-18-36-25-15-14-24(19-21(25)6)28(33)26-27(23-12-10-22(11-13-23)20(4)5)32(30(35)29(26)34)17-16-31(8-2)9-3/h10-15,19-20,27,33H,7-9,16-18H2,1-6H3/t27-/m0/s1. The van der Waals surface area contributed by atoms with Crippen LogP contribution in [-0.2, 0) is 9.59 Å². The minimum Gasteiger partial charge on any atom is -0.507 e. The molecule has 1 N–H and O–H groups in total. The van der Waals surface area contributed by atoms with Gasteiger partial charge in [-0.25, -0.2) is 0 Å². The van der Waals surface area contributed by atoms with Gasteiger partial charge in [-0.3, -0.25) is 9.59 Å². The van der Waals surface area contributed by atoms with Gasteiger partial charge >= 0.3 is 0 Å². The van der Waals surface area contributed by atoms with Gasteiger partial charge in [0.1, 0.15) is 11.5 Å². The molecule has 36 heavy (non-hydrogen) atoms. The van der Waals surface area contributed by atoms with Crippen LogP contribution in [0.2, 0.25) is 0 Å². The van der Waals surface area contributed by atoms with Crippen LogP contribution in [0.1, 0.15) is 75.3 Å². The van der Waals surface area contributed by atoms with Crippen LogP contribution >= 0.6 is 0 Å². The maximum absolute atomic E-state index is 13.3. The first kappa shape index (κ1) is 27.5. The van der Waals surface area contributed by atoms with Crippen molar-refractivity contribution in [3.63, 3.8) is 0 Å². The molecule has 0 radical (unpaired) electrons. The van der Waals surface area contributed by atoms with Crippen molar-refractivity contribution in [2.75, 3.05) is 32.8 Å². The minimum absolute atomic E-state index is 0.137. The van der Waals surface area contributed by atoms with Crippen molar-refractivity contribution in [1.29, 1.82) is 0 Å². The minimum atomic E-state index is -0.644. The average Bonchev–Trinajstić information content (AvgIpc) is 3.13. The smallest absolute Gasteiger partial charge is 0.295 e. The number of carbonyl (C=O) groups is 2. The Labute approximate surface area is 215 Å². The topological polar surface area (TPSA) is 70.1 Å². The number of aliphatic hydroxyl groups excluding tert-OH is 1. The molecule has 0 spiro atoms. The van der Waals surface area contributed by atoms with Crippen LogP contribution < -0.4 is 4.74 Å². The van der Waals surface area contributed by atoms with Gasteiger partial charge in [-0.15, -0.1) is 0 Å². The monoisotopic (exact) mass is 492 g/mol. The van der Waals surface area contributed by atoms with Crippen molar-refractivity contribution < 1.29 is 19.4 Å². The molecular formula is C30H40N2O4. The van der Waals surface area contributed by atoms with Crippen molar-refractivity contribution in [3.8, 4) is 5.75 Å². The van der Waals surface area contributed by atoms with Crippen LogP contribution in [0.25, 0.3) is 5.76 Å². The summed E-state index contributed by atoms with van der Waals surface area (Å²) in [6, 6.07) is 12.7. The second kappa shape index (κ2) is 12.2. The first-order valence-corrected chi connectivity index (χ1v) is 13.1. The quantitative estimate of drug-likeness (QED) is 0.249. The molecule has 1 aliphatic heterocycles. The normalized spacial score (nSPS) is 17.4. The van der Waals surface area contributed by atoms with Gasteiger partial charge in [0.25, 0.3) is 11.7 Å². The van der Waals surface area contributed by atoms with E-state index in [1.54, 1.807) is 11.0 Å². The molecule has 2 aromatic rings. The number of benzene rings is 2. The van der Waals surface area contributed by atoms with Gasteiger partial charge in [0.05, 0.1) is 18.2 Å². The fourth-order valence-corrected chi connectivity index (χ4v) is 4.64. The number of rotatable bonds is 11. The first-order valence-electron chi connectivity index (χ1n) is 13.1. The van der Waals surface area contributed by atoms with E-state index in [1.165, 1.54) is 5.56 Å². The molecule has 1 heterocycles. The van der Waals surface area contributed by atoms with Crippen molar-refractivity contribution in [3.05, 3.63) is 70.3 Å². The number of likely N-dealkylation sites (tertiary alicyclic amines) is 1. The Balaban J connectivity index is 2.08. The lowest BCUT2D eigenvalue weighted by molar-refractivity contribution is -0.140. The zero-order valence-corrected chi connectivity index (χ0v) is 22.5. The fourth-order valence-electron chi connectivity index (χ4n) is 4.64. The summed E-state index contributed by atoms with van der Waals surface area (Å²) >= 11 is 0.